The van der Waals surface area contributed by atoms with Gasteiger partial charge in [-0.3, -0.25) is 0 Å². The van der Waals surface area contributed by atoms with Gasteiger partial charge in [0.1, 0.15) is 17.5 Å². The van der Waals surface area contributed by atoms with Gasteiger partial charge in [0.15, 0.2) is 0 Å². The molecule has 1 aliphatic carbocycles. The molecule has 2 rings (SSSR count). The molecule has 0 atom stereocenters. The van der Waals surface area contributed by atoms with E-state index in [0.29, 0.717) is 5.92 Å². The summed E-state index contributed by atoms with van der Waals surface area (Å²) in [6.07, 6.45) is 3.70. The average molecular weight is 292 g/mol. The van der Waals surface area contributed by atoms with Crippen LogP contribution in [0.3, 0.4) is 0 Å². The molecule has 5 nitrogen and oxygen atoms in total. The van der Waals surface area contributed by atoms with Gasteiger partial charge in [0.2, 0.25) is 0 Å². The number of hydrogen-bond donors (Lipinski definition) is 2. The Kier molecular flexibility index (Phi) is 5.79. The first-order valence-electron chi connectivity index (χ1n) is 7.99. The molecule has 0 radical (unpaired) electrons. The maximum absolute atomic E-state index is 5.65. The fourth-order valence-corrected chi connectivity index (χ4v) is 2.12. The minimum Gasteiger partial charge on any atom is -0.381 e. The zero-order valence-corrected chi connectivity index (χ0v) is 13.7. The van der Waals surface area contributed by atoms with Crippen LogP contribution in [-0.4, -0.2) is 36.8 Å². The standard InChI is InChI=1S/C16H28N4O/c1-11(2)14-19-15(17-4)12(3)16(20-14)18-8-5-9-21-10-13-6-7-13/h11,13H,5-10H2,1-4H3,(H2,17,18,19,20). The summed E-state index contributed by atoms with van der Waals surface area (Å²) in [7, 11) is 1.90. The Hall–Kier alpha value is -1.36. The molecule has 1 fully saturated rings. The number of anilines is 2. The summed E-state index contributed by atoms with van der Waals surface area (Å²) in [5.41, 5.74) is 1.07. The molecule has 0 spiro atoms. The van der Waals surface area contributed by atoms with Crippen LogP contribution in [0.1, 0.15) is 50.4 Å². The number of nitrogens with one attached hydrogen (secondary N) is 2. The van der Waals surface area contributed by atoms with Gasteiger partial charge >= 0.3 is 0 Å². The summed E-state index contributed by atoms with van der Waals surface area (Å²) < 4.78 is 5.65. The molecular weight excluding hydrogens is 264 g/mol. The molecule has 1 aliphatic rings. The van der Waals surface area contributed by atoms with E-state index in [4.69, 9.17) is 4.74 Å². The van der Waals surface area contributed by atoms with Crippen molar-refractivity contribution in [2.24, 2.45) is 5.92 Å². The van der Waals surface area contributed by atoms with Gasteiger partial charge in [0.05, 0.1) is 0 Å². The van der Waals surface area contributed by atoms with Crippen molar-refractivity contribution in [2.75, 3.05) is 37.4 Å². The molecular formula is C16H28N4O. The summed E-state index contributed by atoms with van der Waals surface area (Å²) in [6, 6.07) is 0. The molecule has 1 heterocycles. The lowest BCUT2D eigenvalue weighted by atomic mass is 10.2. The van der Waals surface area contributed by atoms with Crippen molar-refractivity contribution in [1.29, 1.82) is 0 Å². The third kappa shape index (κ3) is 4.84. The van der Waals surface area contributed by atoms with Crippen LogP contribution in [0.2, 0.25) is 0 Å². The normalized spacial score (nSPS) is 14.5. The van der Waals surface area contributed by atoms with E-state index < -0.39 is 0 Å². The molecule has 0 unspecified atom stereocenters. The van der Waals surface area contributed by atoms with Crippen LogP contribution in [-0.2, 0) is 4.74 Å². The minimum absolute atomic E-state index is 0.320. The van der Waals surface area contributed by atoms with E-state index in [-0.39, 0.29) is 0 Å². The quantitative estimate of drug-likeness (QED) is 0.685. The Morgan fingerprint density at radius 1 is 1.24 bits per heavy atom. The van der Waals surface area contributed by atoms with Gasteiger partial charge in [-0.2, -0.15) is 0 Å². The van der Waals surface area contributed by atoms with Crippen LogP contribution >= 0.6 is 0 Å². The van der Waals surface area contributed by atoms with E-state index in [1.54, 1.807) is 0 Å². The molecule has 0 aromatic carbocycles. The molecule has 118 valence electrons. The van der Waals surface area contributed by atoms with Crippen LogP contribution in [0.25, 0.3) is 0 Å². The summed E-state index contributed by atoms with van der Waals surface area (Å²) >= 11 is 0. The first kappa shape index (κ1) is 16.0. The van der Waals surface area contributed by atoms with Gasteiger partial charge in [0, 0.05) is 38.3 Å². The fraction of sp³-hybridized carbons (Fsp3) is 0.750. The second kappa shape index (κ2) is 7.59. The maximum atomic E-state index is 5.65. The third-order valence-corrected chi connectivity index (χ3v) is 3.72. The minimum atomic E-state index is 0.320. The van der Waals surface area contributed by atoms with Gasteiger partial charge < -0.3 is 15.4 Å². The summed E-state index contributed by atoms with van der Waals surface area (Å²) in [6.45, 7) is 8.90. The molecule has 0 aliphatic heterocycles. The third-order valence-electron chi connectivity index (χ3n) is 3.72. The summed E-state index contributed by atoms with van der Waals surface area (Å²) in [5, 5.41) is 6.56. The first-order chi connectivity index (χ1) is 10.1. The zero-order chi connectivity index (χ0) is 15.2. The topological polar surface area (TPSA) is 59.1 Å². The number of ether oxygens (including phenoxy) is 1. The number of aromatic nitrogens is 2. The van der Waals surface area contributed by atoms with Crippen LogP contribution in [0.4, 0.5) is 11.6 Å². The van der Waals surface area contributed by atoms with Crippen LogP contribution < -0.4 is 10.6 Å². The maximum Gasteiger partial charge on any atom is 0.135 e. The average Bonchev–Trinajstić information content (AvgIpc) is 3.28. The molecule has 1 aromatic heterocycles. The van der Waals surface area contributed by atoms with E-state index in [9.17, 15) is 0 Å². The predicted octanol–water partition coefficient (Wildman–Crippen LogP) is 3.18. The van der Waals surface area contributed by atoms with Crippen molar-refractivity contribution >= 4 is 11.6 Å². The van der Waals surface area contributed by atoms with Crippen molar-refractivity contribution in [2.45, 2.75) is 46.0 Å². The summed E-state index contributed by atoms with van der Waals surface area (Å²) in [5.74, 6) is 3.87. The Labute approximate surface area is 127 Å². The van der Waals surface area contributed by atoms with Gasteiger partial charge in [-0.05, 0) is 32.1 Å². The van der Waals surface area contributed by atoms with E-state index in [1.165, 1.54) is 12.8 Å². The molecule has 0 saturated heterocycles. The molecule has 5 heteroatoms. The number of nitrogens with zero attached hydrogens (tertiary/aromatic N) is 2. The van der Waals surface area contributed by atoms with Crippen LogP contribution in [0, 0.1) is 12.8 Å². The molecule has 1 aromatic rings. The second-order valence-electron chi connectivity index (χ2n) is 6.11. The van der Waals surface area contributed by atoms with Crippen LogP contribution in [0.15, 0.2) is 0 Å². The second-order valence-corrected chi connectivity index (χ2v) is 6.11. The van der Waals surface area contributed by atoms with Gasteiger partial charge in [-0.15, -0.1) is 0 Å². The smallest absolute Gasteiger partial charge is 0.135 e. The highest BCUT2D eigenvalue weighted by molar-refractivity contribution is 5.57. The molecule has 1 saturated carbocycles. The Bertz CT molecular complexity index is 458. The van der Waals surface area contributed by atoms with Crippen molar-refractivity contribution in [3.63, 3.8) is 0 Å². The monoisotopic (exact) mass is 292 g/mol. The number of hydrogen-bond acceptors (Lipinski definition) is 5. The molecule has 0 amide bonds. The molecule has 2 N–H and O–H groups in total. The Morgan fingerprint density at radius 3 is 2.57 bits per heavy atom. The van der Waals surface area contributed by atoms with Gasteiger partial charge in [-0.1, -0.05) is 13.8 Å². The van der Waals surface area contributed by atoms with Gasteiger partial charge in [0.25, 0.3) is 0 Å². The van der Waals surface area contributed by atoms with Crippen molar-refractivity contribution in [3.8, 4) is 0 Å². The Balaban J connectivity index is 1.83. The SMILES string of the molecule is CNc1nc(C(C)C)nc(NCCCOCC2CC2)c1C. The van der Waals surface area contributed by atoms with Crippen molar-refractivity contribution in [3.05, 3.63) is 11.4 Å². The first-order valence-corrected chi connectivity index (χ1v) is 7.99. The Morgan fingerprint density at radius 2 is 1.95 bits per heavy atom. The highest BCUT2D eigenvalue weighted by Crippen LogP contribution is 2.28. The van der Waals surface area contributed by atoms with E-state index in [0.717, 1.165) is 55.1 Å². The lowest BCUT2D eigenvalue weighted by Gasteiger charge is -2.15. The van der Waals surface area contributed by atoms with Crippen molar-refractivity contribution < 1.29 is 4.74 Å². The van der Waals surface area contributed by atoms with Gasteiger partial charge in [-0.25, -0.2) is 9.97 Å². The largest absolute Gasteiger partial charge is 0.381 e. The number of rotatable bonds is 9. The summed E-state index contributed by atoms with van der Waals surface area (Å²) in [4.78, 5) is 9.18. The van der Waals surface area contributed by atoms with Crippen molar-refractivity contribution in [1.82, 2.24) is 9.97 Å². The zero-order valence-electron chi connectivity index (χ0n) is 13.7. The predicted molar refractivity (Wildman–Crippen MR) is 87.1 cm³/mol. The fourth-order valence-electron chi connectivity index (χ4n) is 2.12. The van der Waals surface area contributed by atoms with E-state index in [2.05, 4.69) is 34.4 Å². The lowest BCUT2D eigenvalue weighted by molar-refractivity contribution is 0.124. The molecule has 0 bridgehead atoms. The van der Waals surface area contributed by atoms with E-state index >= 15 is 0 Å². The highest BCUT2D eigenvalue weighted by atomic mass is 16.5. The molecule has 21 heavy (non-hydrogen) atoms. The van der Waals surface area contributed by atoms with Crippen LogP contribution in [0.5, 0.6) is 0 Å². The highest BCUT2D eigenvalue weighted by Gasteiger charge is 2.20. The lowest BCUT2D eigenvalue weighted by Crippen LogP contribution is -2.13. The van der Waals surface area contributed by atoms with E-state index in [1.807, 2.05) is 14.0 Å².